The molecule has 20 heavy (non-hydrogen) atoms. The average Bonchev–Trinajstić information content (AvgIpc) is 2.77. The summed E-state index contributed by atoms with van der Waals surface area (Å²) in [7, 11) is 0. The van der Waals surface area contributed by atoms with Crippen LogP contribution in [0.4, 0.5) is 0 Å². The second kappa shape index (κ2) is 4.42. The maximum atomic E-state index is 12.6. The molecule has 4 fully saturated rings. The summed E-state index contributed by atoms with van der Waals surface area (Å²) in [6.45, 7) is 1.31. The van der Waals surface area contributed by atoms with E-state index in [-0.39, 0.29) is 29.7 Å². The van der Waals surface area contributed by atoms with Crippen LogP contribution < -0.4 is 5.32 Å². The molecule has 1 aliphatic carbocycles. The molecule has 2 amide bonds. The third-order valence-corrected chi connectivity index (χ3v) is 5.10. The number of carbonyl (C=O) groups is 2. The molecule has 1 saturated carbocycles. The third-order valence-electron chi connectivity index (χ3n) is 5.10. The predicted molar refractivity (Wildman–Crippen MR) is 73.5 cm³/mol. The minimum absolute atomic E-state index is 0.0331. The molecule has 0 spiro atoms. The Kier molecular flexibility index (Phi) is 2.67. The van der Waals surface area contributed by atoms with Crippen molar-refractivity contribution in [1.29, 1.82) is 0 Å². The molecule has 4 nitrogen and oxygen atoms in total. The summed E-state index contributed by atoms with van der Waals surface area (Å²) in [5, 5.41) is 3.43. The number of rotatable bonds is 2. The van der Waals surface area contributed by atoms with E-state index < -0.39 is 0 Å². The lowest BCUT2D eigenvalue weighted by molar-refractivity contribution is -0.140. The number of nitrogens with one attached hydrogen (secondary N) is 1. The van der Waals surface area contributed by atoms with Gasteiger partial charge >= 0.3 is 0 Å². The van der Waals surface area contributed by atoms with Gasteiger partial charge in [0.25, 0.3) is 0 Å². The zero-order chi connectivity index (χ0) is 13.7. The van der Waals surface area contributed by atoms with Gasteiger partial charge < -0.3 is 5.32 Å². The van der Waals surface area contributed by atoms with E-state index in [9.17, 15) is 9.59 Å². The van der Waals surface area contributed by atoms with Gasteiger partial charge in [0.2, 0.25) is 11.8 Å². The molecule has 4 aliphatic rings. The molecule has 3 heterocycles. The normalized spacial score (nSPS) is 35.5. The van der Waals surface area contributed by atoms with E-state index in [4.69, 9.17) is 0 Å². The molecule has 0 radical (unpaired) electrons. The Morgan fingerprint density at radius 3 is 2.45 bits per heavy atom. The first kappa shape index (κ1) is 12.1. The van der Waals surface area contributed by atoms with Crippen LogP contribution in [0, 0.1) is 17.8 Å². The Labute approximate surface area is 118 Å². The van der Waals surface area contributed by atoms with Crippen molar-refractivity contribution < 1.29 is 9.59 Å². The number of fused-ring (bicyclic) bond motifs is 2. The summed E-state index contributed by atoms with van der Waals surface area (Å²) in [5.74, 6) is 0.262. The summed E-state index contributed by atoms with van der Waals surface area (Å²) in [5.41, 5.74) is 1.02. The molecule has 5 rings (SSSR count). The topological polar surface area (TPSA) is 49.4 Å². The number of nitrogens with zero attached hydrogens (tertiary/aromatic N) is 1. The summed E-state index contributed by atoms with van der Waals surface area (Å²) < 4.78 is 0. The smallest absolute Gasteiger partial charge is 0.234 e. The van der Waals surface area contributed by atoms with Gasteiger partial charge in [0.15, 0.2) is 0 Å². The number of imide groups is 1. The van der Waals surface area contributed by atoms with E-state index in [0.717, 1.165) is 24.9 Å². The number of likely N-dealkylation sites (tertiary alicyclic amines) is 1. The Hall–Kier alpha value is -1.68. The van der Waals surface area contributed by atoms with Crippen molar-refractivity contribution in [3.63, 3.8) is 0 Å². The minimum atomic E-state index is -0.112. The van der Waals surface area contributed by atoms with Crippen LogP contribution in [0.25, 0.3) is 0 Å². The lowest BCUT2D eigenvalue weighted by Crippen LogP contribution is -2.56. The van der Waals surface area contributed by atoms with E-state index in [0.29, 0.717) is 12.5 Å². The predicted octanol–water partition coefficient (Wildman–Crippen LogP) is 1.17. The van der Waals surface area contributed by atoms with Crippen LogP contribution in [0.5, 0.6) is 0 Å². The Bertz CT molecular complexity index is 519. The van der Waals surface area contributed by atoms with Gasteiger partial charge in [-0.2, -0.15) is 0 Å². The Morgan fingerprint density at radius 2 is 1.80 bits per heavy atom. The van der Waals surface area contributed by atoms with Gasteiger partial charge in [0, 0.05) is 6.04 Å². The van der Waals surface area contributed by atoms with Gasteiger partial charge in [-0.15, -0.1) is 0 Å². The minimum Gasteiger partial charge on any atom is -0.313 e. The van der Waals surface area contributed by atoms with E-state index in [1.54, 1.807) is 0 Å². The van der Waals surface area contributed by atoms with Crippen molar-refractivity contribution in [3.05, 3.63) is 35.9 Å². The van der Waals surface area contributed by atoms with Crippen LogP contribution in [0.3, 0.4) is 0 Å². The molecular weight excluding hydrogens is 252 g/mol. The second-order valence-electron chi connectivity index (χ2n) is 6.15. The molecule has 3 saturated heterocycles. The van der Waals surface area contributed by atoms with Gasteiger partial charge in [-0.05, 0) is 30.9 Å². The number of amides is 2. The van der Waals surface area contributed by atoms with Crippen molar-refractivity contribution in [2.75, 3.05) is 6.54 Å². The van der Waals surface area contributed by atoms with Crippen molar-refractivity contribution in [2.45, 2.75) is 25.4 Å². The lowest BCUT2D eigenvalue weighted by Gasteiger charge is -2.43. The highest BCUT2D eigenvalue weighted by molar-refractivity contribution is 6.05. The van der Waals surface area contributed by atoms with Crippen molar-refractivity contribution >= 4 is 11.8 Å². The quantitative estimate of drug-likeness (QED) is 0.821. The van der Waals surface area contributed by atoms with Crippen LogP contribution >= 0.6 is 0 Å². The van der Waals surface area contributed by atoms with Crippen molar-refractivity contribution in [1.82, 2.24) is 10.2 Å². The van der Waals surface area contributed by atoms with Crippen LogP contribution in [-0.2, 0) is 16.1 Å². The van der Waals surface area contributed by atoms with Crippen LogP contribution in [-0.4, -0.2) is 29.3 Å². The van der Waals surface area contributed by atoms with Crippen LogP contribution in [0.1, 0.15) is 18.4 Å². The van der Waals surface area contributed by atoms with E-state index >= 15 is 0 Å². The second-order valence-corrected chi connectivity index (χ2v) is 6.15. The highest BCUT2D eigenvalue weighted by Crippen LogP contribution is 2.45. The van der Waals surface area contributed by atoms with Crippen LogP contribution in [0.15, 0.2) is 30.3 Å². The van der Waals surface area contributed by atoms with Crippen molar-refractivity contribution in [2.24, 2.45) is 17.8 Å². The molecule has 4 atom stereocenters. The van der Waals surface area contributed by atoms with Gasteiger partial charge in [0.05, 0.1) is 18.4 Å². The van der Waals surface area contributed by atoms with Gasteiger partial charge in [-0.3, -0.25) is 14.5 Å². The van der Waals surface area contributed by atoms with E-state index in [1.807, 2.05) is 30.3 Å². The lowest BCUT2D eigenvalue weighted by atomic mass is 9.67. The first-order valence-electron chi connectivity index (χ1n) is 7.38. The summed E-state index contributed by atoms with van der Waals surface area (Å²) in [6.07, 6.45) is 2.11. The SMILES string of the molecule is O=C1C2C3CCC(NC3)C2C(=O)N1Cc1ccccc1. The number of hydrogen-bond acceptors (Lipinski definition) is 3. The Morgan fingerprint density at radius 1 is 1.05 bits per heavy atom. The molecule has 104 valence electrons. The molecular formula is C16H18N2O2. The summed E-state index contributed by atoms with van der Waals surface area (Å²) in [6, 6.07) is 9.98. The number of piperidine rings is 2. The number of hydrogen-bond donors (Lipinski definition) is 1. The summed E-state index contributed by atoms with van der Waals surface area (Å²) >= 11 is 0. The largest absolute Gasteiger partial charge is 0.313 e. The molecule has 3 aliphatic heterocycles. The molecule has 1 aromatic rings. The average molecular weight is 270 g/mol. The molecule has 0 aromatic heterocycles. The van der Waals surface area contributed by atoms with Crippen molar-refractivity contribution in [3.8, 4) is 0 Å². The fraction of sp³-hybridized carbons (Fsp3) is 0.500. The number of benzene rings is 1. The maximum Gasteiger partial charge on any atom is 0.234 e. The fourth-order valence-corrected chi connectivity index (χ4v) is 4.13. The van der Waals surface area contributed by atoms with Gasteiger partial charge in [-0.1, -0.05) is 30.3 Å². The van der Waals surface area contributed by atoms with E-state index in [2.05, 4.69) is 5.32 Å². The molecule has 4 unspecified atom stereocenters. The zero-order valence-electron chi connectivity index (χ0n) is 11.3. The van der Waals surface area contributed by atoms with Crippen LogP contribution in [0.2, 0.25) is 0 Å². The number of carbonyl (C=O) groups excluding carboxylic acids is 2. The molecule has 1 N–H and O–H groups in total. The zero-order valence-corrected chi connectivity index (χ0v) is 11.3. The monoisotopic (exact) mass is 270 g/mol. The fourth-order valence-electron chi connectivity index (χ4n) is 4.13. The molecule has 4 heteroatoms. The standard InChI is InChI=1S/C16H18N2O2/c19-15-13-11-6-7-12(17-8-11)14(13)16(20)18(15)9-10-4-2-1-3-5-10/h1-5,11-14,17H,6-9H2. The third kappa shape index (κ3) is 1.64. The highest BCUT2D eigenvalue weighted by Gasteiger charge is 2.57. The van der Waals surface area contributed by atoms with E-state index in [1.165, 1.54) is 4.90 Å². The highest BCUT2D eigenvalue weighted by atomic mass is 16.2. The van der Waals surface area contributed by atoms with Gasteiger partial charge in [0.1, 0.15) is 0 Å². The molecule has 2 bridgehead atoms. The maximum absolute atomic E-state index is 12.6. The first-order valence-corrected chi connectivity index (χ1v) is 7.38. The van der Waals surface area contributed by atoms with Gasteiger partial charge in [-0.25, -0.2) is 0 Å². The Balaban J connectivity index is 1.63. The molecule has 1 aromatic carbocycles. The summed E-state index contributed by atoms with van der Waals surface area (Å²) in [4.78, 5) is 26.7. The first-order chi connectivity index (χ1) is 9.75.